The number of nitrogens with one attached hydrogen (secondary N) is 1. The van der Waals surface area contributed by atoms with Crippen LogP contribution in [0.3, 0.4) is 0 Å². The first-order valence-corrected chi connectivity index (χ1v) is 9.35. The summed E-state index contributed by atoms with van der Waals surface area (Å²) < 4.78 is 10.5. The van der Waals surface area contributed by atoms with E-state index < -0.39 is 29.8 Å². The van der Waals surface area contributed by atoms with Crippen molar-refractivity contribution in [3.05, 3.63) is 58.7 Å². The Morgan fingerprint density at radius 3 is 2.38 bits per heavy atom. The molecule has 1 amide bonds. The summed E-state index contributed by atoms with van der Waals surface area (Å²) in [5.74, 6) is -1.77. The average molecular weight is 402 g/mol. The number of esters is 1. The third-order valence-electron chi connectivity index (χ3n) is 4.70. The Kier molecular flexibility index (Phi) is 9.12. The van der Waals surface area contributed by atoms with Gasteiger partial charge in [0.2, 0.25) is 0 Å². The number of methoxy groups -OCH3 is 1. The predicted octanol–water partition coefficient (Wildman–Crippen LogP) is 3.56. The number of hydrogen-bond acceptors (Lipinski definition) is 6. The number of ether oxygens (including phenoxy) is 2. The molecule has 158 valence electrons. The van der Waals surface area contributed by atoms with E-state index in [9.17, 15) is 14.7 Å². The topological polar surface area (TPSA) is 97.2 Å². The molecular weight excluding hydrogens is 372 g/mol. The fraction of sp³-hybridized carbons (Fsp3) is 0.409. The molecule has 0 saturated carbocycles. The highest BCUT2D eigenvalue weighted by Gasteiger charge is 2.26. The van der Waals surface area contributed by atoms with E-state index in [-0.39, 0.29) is 17.4 Å². The summed E-state index contributed by atoms with van der Waals surface area (Å²) in [6.07, 6.45) is 1.08. The van der Waals surface area contributed by atoms with Crippen LogP contribution < -0.4 is 5.32 Å². The number of aliphatic hydroxyl groups excluding tert-OH is 1. The molecule has 1 aromatic rings. The van der Waals surface area contributed by atoms with Gasteiger partial charge in [-0.05, 0) is 51.6 Å². The number of amides is 1. The molecule has 0 aliphatic rings. The minimum absolute atomic E-state index is 0.0173. The second kappa shape index (κ2) is 11.0. The van der Waals surface area contributed by atoms with E-state index in [1.807, 2.05) is 45.0 Å². The maximum atomic E-state index is 12.4. The van der Waals surface area contributed by atoms with Gasteiger partial charge >= 0.3 is 5.97 Å². The van der Waals surface area contributed by atoms with Crippen LogP contribution in [0.25, 0.3) is 0 Å². The largest absolute Gasteiger partial charge is 0.503 e. The fourth-order valence-corrected chi connectivity index (χ4v) is 2.78. The number of aliphatic imine (C=N–C) groups is 1. The van der Waals surface area contributed by atoms with E-state index in [1.165, 1.54) is 20.1 Å². The molecule has 2 N–H and O–H groups in total. The van der Waals surface area contributed by atoms with Crippen molar-refractivity contribution < 1.29 is 24.2 Å². The van der Waals surface area contributed by atoms with Crippen LogP contribution in [0.5, 0.6) is 0 Å². The molecule has 7 nitrogen and oxygen atoms in total. The first-order valence-electron chi connectivity index (χ1n) is 9.35. The highest BCUT2D eigenvalue weighted by Crippen LogP contribution is 2.24. The van der Waals surface area contributed by atoms with Crippen molar-refractivity contribution in [1.29, 1.82) is 0 Å². The van der Waals surface area contributed by atoms with E-state index in [4.69, 9.17) is 9.47 Å². The van der Waals surface area contributed by atoms with Crippen LogP contribution in [-0.4, -0.2) is 43.0 Å². The number of aryl methyl sites for hydroxylation is 1. The molecule has 0 aromatic heterocycles. The van der Waals surface area contributed by atoms with Crippen LogP contribution in [0.4, 0.5) is 0 Å². The molecule has 7 heteroatoms. The molecule has 0 radical (unpaired) electrons. The van der Waals surface area contributed by atoms with Crippen LogP contribution >= 0.6 is 0 Å². The Labute approximate surface area is 172 Å². The Hall–Kier alpha value is -3.09. The number of rotatable bonds is 9. The van der Waals surface area contributed by atoms with E-state index >= 15 is 0 Å². The van der Waals surface area contributed by atoms with Crippen molar-refractivity contribution in [1.82, 2.24) is 5.32 Å². The van der Waals surface area contributed by atoms with Crippen molar-refractivity contribution >= 4 is 18.6 Å². The van der Waals surface area contributed by atoms with E-state index in [2.05, 4.69) is 17.0 Å². The van der Waals surface area contributed by atoms with Gasteiger partial charge in [0.15, 0.2) is 17.2 Å². The van der Waals surface area contributed by atoms with Gasteiger partial charge in [-0.1, -0.05) is 31.2 Å². The summed E-state index contributed by atoms with van der Waals surface area (Å²) in [5, 5.41) is 12.6. The summed E-state index contributed by atoms with van der Waals surface area (Å²) >= 11 is 0. The number of allylic oxidation sites excluding steroid dienone is 1. The lowest BCUT2D eigenvalue weighted by atomic mass is 9.92. The van der Waals surface area contributed by atoms with Crippen LogP contribution in [0.2, 0.25) is 0 Å². The molecule has 29 heavy (non-hydrogen) atoms. The Balaban J connectivity index is 2.83. The third-order valence-corrected chi connectivity index (χ3v) is 4.70. The molecule has 0 aliphatic carbocycles. The van der Waals surface area contributed by atoms with Gasteiger partial charge in [-0.25, -0.2) is 4.79 Å². The molecule has 1 rings (SSSR count). The van der Waals surface area contributed by atoms with Crippen LogP contribution in [0, 0.1) is 6.92 Å². The maximum absolute atomic E-state index is 12.4. The number of aliphatic hydroxyl groups is 1. The first kappa shape index (κ1) is 23.9. The number of carbonyl (C=O) groups is 2. The highest BCUT2D eigenvalue weighted by atomic mass is 16.5. The summed E-state index contributed by atoms with van der Waals surface area (Å²) in [4.78, 5) is 28.4. The van der Waals surface area contributed by atoms with Crippen molar-refractivity contribution in [2.24, 2.45) is 4.99 Å². The quantitative estimate of drug-likeness (QED) is 0.216. The molecule has 3 atom stereocenters. The number of carbonyl (C=O) groups excluding carboxylic acids is 2. The zero-order chi connectivity index (χ0) is 22.1. The fourth-order valence-electron chi connectivity index (χ4n) is 2.78. The molecule has 0 bridgehead atoms. The molecule has 0 unspecified atom stereocenters. The molecule has 0 fully saturated rings. The van der Waals surface area contributed by atoms with Crippen LogP contribution in [-0.2, 0) is 19.1 Å². The van der Waals surface area contributed by atoms with Crippen molar-refractivity contribution in [3.63, 3.8) is 0 Å². The van der Waals surface area contributed by atoms with Crippen LogP contribution in [0.15, 0.2) is 52.5 Å². The minimum Gasteiger partial charge on any atom is -0.503 e. The van der Waals surface area contributed by atoms with Gasteiger partial charge in [0, 0.05) is 5.92 Å². The highest BCUT2D eigenvalue weighted by molar-refractivity contribution is 5.97. The van der Waals surface area contributed by atoms with Crippen LogP contribution in [0.1, 0.15) is 44.7 Å². The van der Waals surface area contributed by atoms with E-state index in [1.54, 1.807) is 6.92 Å². The predicted molar refractivity (Wildman–Crippen MR) is 113 cm³/mol. The zero-order valence-corrected chi connectivity index (χ0v) is 17.9. The van der Waals surface area contributed by atoms with E-state index in [0.29, 0.717) is 0 Å². The smallest absolute Gasteiger partial charge is 0.328 e. The molecule has 0 heterocycles. The van der Waals surface area contributed by atoms with Gasteiger partial charge in [-0.3, -0.25) is 9.79 Å². The first-order chi connectivity index (χ1) is 13.7. The summed E-state index contributed by atoms with van der Waals surface area (Å²) in [5.41, 5.74) is 1.86. The van der Waals surface area contributed by atoms with Gasteiger partial charge in [-0.2, -0.15) is 0 Å². The normalized spacial score (nSPS) is 15.4. The molecular formula is C22H30N2O5. The Bertz CT molecular complexity index is 813. The number of hydrogen-bond donors (Lipinski definition) is 2. The summed E-state index contributed by atoms with van der Waals surface area (Å²) in [6.45, 7) is 12.2. The second-order valence-corrected chi connectivity index (χ2v) is 6.69. The Morgan fingerprint density at radius 2 is 1.86 bits per heavy atom. The van der Waals surface area contributed by atoms with Crippen molar-refractivity contribution in [2.75, 3.05) is 7.11 Å². The summed E-state index contributed by atoms with van der Waals surface area (Å²) in [7, 11) is 1.35. The lowest BCUT2D eigenvalue weighted by molar-refractivity contribution is -0.152. The molecule has 0 aliphatic heterocycles. The second-order valence-electron chi connectivity index (χ2n) is 6.69. The lowest BCUT2D eigenvalue weighted by Crippen LogP contribution is -2.41. The monoisotopic (exact) mass is 402 g/mol. The standard InChI is InChI=1S/C22H30N2O5/c1-8-18(28-7)20(25)19(23-6)21(26)24-15(4)22(27)29-16(5)14(3)17-12-10-9-11-13(17)2/h8-12,14-16,25H,6H2,1-5,7H3,(H,24,26)/b18-8+,20-19+/t14-,15+,16+/m1/s1. The van der Waals surface area contributed by atoms with Gasteiger partial charge in [0.25, 0.3) is 5.91 Å². The van der Waals surface area contributed by atoms with Crippen molar-refractivity contribution in [2.45, 2.75) is 52.7 Å². The SMILES string of the molecule is C=N/C(C(=O)N[C@@H](C)C(=O)O[C@@H](C)[C@@H](C)c1ccccc1C)=C(O)\C(=C/C)OC. The molecule has 0 saturated heterocycles. The van der Waals surface area contributed by atoms with Gasteiger partial charge in [0.1, 0.15) is 12.1 Å². The van der Waals surface area contributed by atoms with Gasteiger partial charge in [0.05, 0.1) is 7.11 Å². The lowest BCUT2D eigenvalue weighted by Gasteiger charge is -2.24. The maximum Gasteiger partial charge on any atom is 0.328 e. The third kappa shape index (κ3) is 6.20. The number of benzene rings is 1. The minimum atomic E-state index is -0.949. The van der Waals surface area contributed by atoms with Gasteiger partial charge < -0.3 is 19.9 Å². The average Bonchev–Trinajstić information content (AvgIpc) is 2.69. The molecule has 1 aromatic carbocycles. The number of nitrogens with zero attached hydrogens (tertiary/aromatic N) is 1. The Morgan fingerprint density at radius 1 is 1.24 bits per heavy atom. The van der Waals surface area contributed by atoms with Gasteiger partial charge in [-0.15, -0.1) is 0 Å². The summed E-state index contributed by atoms with van der Waals surface area (Å²) in [6, 6.07) is 6.95. The molecule has 0 spiro atoms. The van der Waals surface area contributed by atoms with Crippen molar-refractivity contribution in [3.8, 4) is 0 Å². The zero-order valence-electron chi connectivity index (χ0n) is 17.9. The van der Waals surface area contributed by atoms with E-state index in [0.717, 1.165) is 11.1 Å².